The van der Waals surface area contributed by atoms with Crippen LogP contribution in [0.4, 0.5) is 5.69 Å². The van der Waals surface area contributed by atoms with E-state index in [1.165, 1.54) is 11.1 Å². The number of benzene rings is 1. The fourth-order valence-corrected chi connectivity index (χ4v) is 1.67. The average Bonchev–Trinajstić information content (AvgIpc) is 2.22. The summed E-state index contributed by atoms with van der Waals surface area (Å²) >= 11 is 0. The molecule has 0 saturated carbocycles. The van der Waals surface area contributed by atoms with Crippen LogP contribution < -0.4 is 5.32 Å². The highest BCUT2D eigenvalue weighted by Crippen LogP contribution is 2.13. The van der Waals surface area contributed by atoms with Crippen molar-refractivity contribution in [2.75, 3.05) is 18.5 Å². The highest BCUT2D eigenvalue weighted by atomic mass is 16.5. The number of hydrogen-bond acceptors (Lipinski definition) is 3. The number of aliphatic hydroxyl groups excluding tert-OH is 1. The SMILES string of the molecule is Cc1cc(C)cc(NC[C@@H](O)COC(C)C)c1. The van der Waals surface area contributed by atoms with Crippen molar-refractivity contribution in [2.24, 2.45) is 0 Å². The third-order valence-corrected chi connectivity index (χ3v) is 2.39. The number of anilines is 1. The van der Waals surface area contributed by atoms with Gasteiger partial charge in [-0.3, -0.25) is 0 Å². The molecule has 2 N–H and O–H groups in total. The highest BCUT2D eigenvalue weighted by molar-refractivity contribution is 5.48. The number of aliphatic hydroxyl groups is 1. The normalized spacial score (nSPS) is 12.8. The van der Waals surface area contributed by atoms with Crippen LogP contribution >= 0.6 is 0 Å². The minimum Gasteiger partial charge on any atom is -0.389 e. The van der Waals surface area contributed by atoms with Gasteiger partial charge in [0.2, 0.25) is 0 Å². The Labute approximate surface area is 104 Å². The second kappa shape index (κ2) is 6.62. The Hall–Kier alpha value is -1.06. The lowest BCUT2D eigenvalue weighted by molar-refractivity contribution is 0.0112. The van der Waals surface area contributed by atoms with E-state index >= 15 is 0 Å². The molecule has 96 valence electrons. The Morgan fingerprint density at radius 3 is 2.29 bits per heavy atom. The molecule has 17 heavy (non-hydrogen) atoms. The molecule has 3 nitrogen and oxygen atoms in total. The molecule has 0 amide bonds. The van der Waals surface area contributed by atoms with Crippen molar-refractivity contribution in [3.63, 3.8) is 0 Å². The molecular weight excluding hydrogens is 214 g/mol. The monoisotopic (exact) mass is 237 g/mol. The molecule has 0 radical (unpaired) electrons. The van der Waals surface area contributed by atoms with Crippen molar-refractivity contribution in [3.8, 4) is 0 Å². The summed E-state index contributed by atoms with van der Waals surface area (Å²) in [6, 6.07) is 6.27. The summed E-state index contributed by atoms with van der Waals surface area (Å²) < 4.78 is 5.35. The van der Waals surface area contributed by atoms with E-state index in [1.807, 2.05) is 13.8 Å². The lowest BCUT2D eigenvalue weighted by atomic mass is 10.1. The molecule has 1 aromatic carbocycles. The number of aryl methyl sites for hydroxylation is 2. The van der Waals surface area contributed by atoms with E-state index in [-0.39, 0.29) is 6.10 Å². The van der Waals surface area contributed by atoms with E-state index < -0.39 is 6.10 Å². The third kappa shape index (κ3) is 5.71. The molecule has 0 saturated heterocycles. The van der Waals surface area contributed by atoms with E-state index in [0.29, 0.717) is 13.2 Å². The van der Waals surface area contributed by atoms with E-state index in [9.17, 15) is 5.11 Å². The molecule has 0 fully saturated rings. The van der Waals surface area contributed by atoms with Gasteiger partial charge >= 0.3 is 0 Å². The molecule has 1 aromatic rings. The van der Waals surface area contributed by atoms with Crippen LogP contribution in [0.3, 0.4) is 0 Å². The van der Waals surface area contributed by atoms with E-state index in [2.05, 4.69) is 37.4 Å². The number of ether oxygens (including phenoxy) is 1. The summed E-state index contributed by atoms with van der Waals surface area (Å²) in [5.41, 5.74) is 3.49. The lowest BCUT2D eigenvalue weighted by Crippen LogP contribution is -2.26. The van der Waals surface area contributed by atoms with Crippen LogP contribution in [0.25, 0.3) is 0 Å². The zero-order chi connectivity index (χ0) is 12.8. The molecule has 0 spiro atoms. The van der Waals surface area contributed by atoms with Crippen LogP contribution in [0.15, 0.2) is 18.2 Å². The van der Waals surface area contributed by atoms with Crippen LogP contribution in [-0.2, 0) is 4.74 Å². The van der Waals surface area contributed by atoms with Gasteiger partial charge in [0.1, 0.15) is 0 Å². The van der Waals surface area contributed by atoms with Crippen molar-refractivity contribution in [1.29, 1.82) is 0 Å². The number of hydrogen-bond donors (Lipinski definition) is 2. The van der Waals surface area contributed by atoms with Gasteiger partial charge in [0.05, 0.1) is 18.8 Å². The summed E-state index contributed by atoms with van der Waals surface area (Å²) in [5.74, 6) is 0. The van der Waals surface area contributed by atoms with Crippen molar-refractivity contribution < 1.29 is 9.84 Å². The van der Waals surface area contributed by atoms with Crippen LogP contribution in [-0.4, -0.2) is 30.5 Å². The minimum absolute atomic E-state index is 0.158. The Bertz CT molecular complexity index is 330. The minimum atomic E-state index is -0.474. The standard InChI is InChI=1S/C14H23NO2/c1-10(2)17-9-14(16)8-15-13-6-11(3)5-12(4)7-13/h5-7,10,14-16H,8-9H2,1-4H3/t14-/m1/s1. The second-order valence-electron chi connectivity index (χ2n) is 4.79. The van der Waals surface area contributed by atoms with Crippen molar-refractivity contribution in [2.45, 2.75) is 39.9 Å². The van der Waals surface area contributed by atoms with Crippen molar-refractivity contribution >= 4 is 5.69 Å². The van der Waals surface area contributed by atoms with Gasteiger partial charge in [0.15, 0.2) is 0 Å². The Morgan fingerprint density at radius 2 is 1.76 bits per heavy atom. The lowest BCUT2D eigenvalue weighted by Gasteiger charge is -2.15. The van der Waals surface area contributed by atoms with Gasteiger partial charge < -0.3 is 15.2 Å². The van der Waals surface area contributed by atoms with Gasteiger partial charge in [0.25, 0.3) is 0 Å². The van der Waals surface area contributed by atoms with Crippen molar-refractivity contribution in [1.82, 2.24) is 0 Å². The van der Waals surface area contributed by atoms with E-state index in [4.69, 9.17) is 4.74 Å². The highest BCUT2D eigenvalue weighted by Gasteiger charge is 2.05. The van der Waals surface area contributed by atoms with Crippen LogP contribution in [0, 0.1) is 13.8 Å². The first-order valence-corrected chi connectivity index (χ1v) is 6.09. The first-order chi connectivity index (χ1) is 7.97. The number of rotatable bonds is 6. The molecule has 0 heterocycles. The van der Waals surface area contributed by atoms with Crippen LogP contribution in [0.2, 0.25) is 0 Å². The predicted molar refractivity (Wildman–Crippen MR) is 71.5 cm³/mol. The van der Waals surface area contributed by atoms with Crippen molar-refractivity contribution in [3.05, 3.63) is 29.3 Å². The largest absolute Gasteiger partial charge is 0.389 e. The van der Waals surface area contributed by atoms with E-state index in [1.54, 1.807) is 0 Å². The summed E-state index contributed by atoms with van der Waals surface area (Å²) in [7, 11) is 0. The first-order valence-electron chi connectivity index (χ1n) is 6.09. The van der Waals surface area contributed by atoms with Gasteiger partial charge in [-0.1, -0.05) is 6.07 Å². The maximum atomic E-state index is 9.71. The Morgan fingerprint density at radius 1 is 1.18 bits per heavy atom. The molecule has 0 unspecified atom stereocenters. The van der Waals surface area contributed by atoms with E-state index in [0.717, 1.165) is 5.69 Å². The molecule has 0 aromatic heterocycles. The predicted octanol–water partition coefficient (Wildman–Crippen LogP) is 2.50. The second-order valence-corrected chi connectivity index (χ2v) is 4.79. The number of nitrogens with one attached hydrogen (secondary N) is 1. The van der Waals surface area contributed by atoms with Gasteiger partial charge in [-0.05, 0) is 51.0 Å². The fourth-order valence-electron chi connectivity index (χ4n) is 1.67. The van der Waals surface area contributed by atoms with Gasteiger partial charge in [-0.2, -0.15) is 0 Å². The van der Waals surface area contributed by atoms with Gasteiger partial charge in [-0.25, -0.2) is 0 Å². The smallest absolute Gasteiger partial charge is 0.0945 e. The topological polar surface area (TPSA) is 41.5 Å². The molecule has 0 bridgehead atoms. The van der Waals surface area contributed by atoms with Crippen LogP contribution in [0.5, 0.6) is 0 Å². The Balaban J connectivity index is 2.39. The Kier molecular flexibility index (Phi) is 5.45. The summed E-state index contributed by atoms with van der Waals surface area (Å²) in [4.78, 5) is 0. The first kappa shape index (κ1) is 14.0. The maximum absolute atomic E-state index is 9.71. The average molecular weight is 237 g/mol. The summed E-state index contributed by atoms with van der Waals surface area (Å²) in [6.07, 6.45) is -0.316. The molecule has 0 aliphatic rings. The zero-order valence-electron chi connectivity index (χ0n) is 11.2. The summed E-state index contributed by atoms with van der Waals surface area (Å²) in [6.45, 7) is 8.94. The molecule has 1 rings (SSSR count). The summed E-state index contributed by atoms with van der Waals surface area (Å²) in [5, 5.41) is 12.9. The quantitative estimate of drug-likeness (QED) is 0.798. The molecule has 0 aliphatic heterocycles. The molecular formula is C14H23NO2. The zero-order valence-corrected chi connectivity index (χ0v) is 11.2. The molecule has 0 aliphatic carbocycles. The molecule has 3 heteroatoms. The van der Waals surface area contributed by atoms with Gasteiger partial charge in [-0.15, -0.1) is 0 Å². The molecule has 1 atom stereocenters. The maximum Gasteiger partial charge on any atom is 0.0945 e. The fraction of sp³-hybridized carbons (Fsp3) is 0.571. The third-order valence-electron chi connectivity index (χ3n) is 2.39. The van der Waals surface area contributed by atoms with Gasteiger partial charge in [0, 0.05) is 12.2 Å². The van der Waals surface area contributed by atoms with Crippen LogP contribution in [0.1, 0.15) is 25.0 Å².